The van der Waals surface area contributed by atoms with Gasteiger partial charge in [-0.3, -0.25) is 9.10 Å². The van der Waals surface area contributed by atoms with Gasteiger partial charge >= 0.3 is 0 Å². The van der Waals surface area contributed by atoms with Crippen molar-refractivity contribution in [1.29, 1.82) is 0 Å². The molecule has 6 heteroatoms. The van der Waals surface area contributed by atoms with E-state index in [9.17, 15) is 13.2 Å². The molecule has 0 heterocycles. The van der Waals surface area contributed by atoms with Crippen molar-refractivity contribution in [2.24, 2.45) is 0 Å². The van der Waals surface area contributed by atoms with Gasteiger partial charge in [-0.25, -0.2) is 8.42 Å². The second-order valence-electron chi connectivity index (χ2n) is 6.17. The third kappa shape index (κ3) is 4.98. The van der Waals surface area contributed by atoms with Crippen LogP contribution in [0.2, 0.25) is 0 Å². The largest absolute Gasteiger partial charge is 0.349 e. The smallest absolute Gasteiger partial charge is 0.264 e. The van der Waals surface area contributed by atoms with Gasteiger partial charge in [0.15, 0.2) is 0 Å². The Kier molecular flexibility index (Phi) is 7.19. The summed E-state index contributed by atoms with van der Waals surface area (Å²) in [5.41, 5.74) is 0.985. The van der Waals surface area contributed by atoms with Gasteiger partial charge in [-0.2, -0.15) is 0 Å². The van der Waals surface area contributed by atoms with Crippen LogP contribution in [0.15, 0.2) is 72.1 Å². The highest BCUT2D eigenvalue weighted by atomic mass is 32.2. The lowest BCUT2D eigenvalue weighted by atomic mass is 10.1. The van der Waals surface area contributed by atoms with E-state index in [0.29, 0.717) is 11.3 Å². The van der Waals surface area contributed by atoms with Crippen LogP contribution < -0.4 is 9.62 Å². The van der Waals surface area contributed by atoms with E-state index >= 15 is 0 Å². The number of rotatable bonds is 9. The molecule has 27 heavy (non-hydrogen) atoms. The third-order valence-corrected chi connectivity index (χ3v) is 6.17. The van der Waals surface area contributed by atoms with Crippen molar-refractivity contribution in [3.05, 3.63) is 72.8 Å². The Balaban J connectivity index is 2.29. The average molecular weight is 387 g/mol. The van der Waals surface area contributed by atoms with Crippen LogP contribution in [-0.4, -0.2) is 26.9 Å². The van der Waals surface area contributed by atoms with Gasteiger partial charge in [0.1, 0.15) is 0 Å². The first-order valence-corrected chi connectivity index (χ1v) is 10.5. The van der Waals surface area contributed by atoms with Crippen LogP contribution in [0.5, 0.6) is 0 Å². The molecule has 2 aromatic rings. The fourth-order valence-corrected chi connectivity index (χ4v) is 4.18. The second kappa shape index (κ2) is 9.37. The van der Waals surface area contributed by atoms with Crippen LogP contribution in [0.1, 0.15) is 37.0 Å². The predicted octanol–water partition coefficient (Wildman–Crippen LogP) is 3.99. The summed E-state index contributed by atoms with van der Waals surface area (Å²) in [5, 5.41) is 2.98. The third-order valence-electron chi connectivity index (χ3n) is 4.36. The van der Waals surface area contributed by atoms with Gasteiger partial charge in [0, 0.05) is 11.6 Å². The summed E-state index contributed by atoms with van der Waals surface area (Å²) in [6.45, 7) is 7.85. The lowest BCUT2D eigenvalue weighted by Gasteiger charge is -2.23. The van der Waals surface area contributed by atoms with Gasteiger partial charge in [0.05, 0.1) is 17.1 Å². The van der Waals surface area contributed by atoms with Gasteiger partial charge in [-0.15, -0.1) is 6.58 Å². The summed E-state index contributed by atoms with van der Waals surface area (Å²) in [7, 11) is -3.71. The quantitative estimate of drug-likeness (QED) is 0.663. The van der Waals surface area contributed by atoms with Crippen LogP contribution in [0, 0.1) is 0 Å². The maximum absolute atomic E-state index is 13.0. The van der Waals surface area contributed by atoms with Crippen LogP contribution >= 0.6 is 0 Å². The number of carbonyl (C=O) groups excluding carboxylic acids is 1. The number of benzene rings is 2. The molecular formula is C21H26N2O3S. The lowest BCUT2D eigenvalue weighted by Crippen LogP contribution is -2.34. The van der Waals surface area contributed by atoms with Gasteiger partial charge in [0.2, 0.25) is 0 Å². The minimum atomic E-state index is -3.71. The van der Waals surface area contributed by atoms with Crippen molar-refractivity contribution in [3.8, 4) is 0 Å². The molecule has 2 rings (SSSR count). The molecule has 0 saturated heterocycles. The molecule has 0 bridgehead atoms. The molecule has 0 fully saturated rings. The Bertz CT molecular complexity index is 858. The Morgan fingerprint density at radius 1 is 1.07 bits per heavy atom. The molecule has 0 atom stereocenters. The minimum absolute atomic E-state index is 0.132. The van der Waals surface area contributed by atoms with Crippen LogP contribution in [0.4, 0.5) is 5.69 Å². The number of sulfonamides is 1. The number of nitrogens with one attached hydrogen (secondary N) is 1. The number of anilines is 1. The zero-order valence-corrected chi connectivity index (χ0v) is 16.6. The summed E-state index contributed by atoms with van der Waals surface area (Å²) in [5.74, 6) is -0.156. The Morgan fingerprint density at radius 3 is 2.19 bits per heavy atom. The zero-order chi connectivity index (χ0) is 19.9. The highest BCUT2D eigenvalue weighted by Crippen LogP contribution is 2.24. The molecular weight excluding hydrogens is 360 g/mol. The van der Waals surface area contributed by atoms with Gasteiger partial charge in [-0.05, 0) is 49.2 Å². The topological polar surface area (TPSA) is 66.5 Å². The van der Waals surface area contributed by atoms with Crippen molar-refractivity contribution in [2.75, 3.05) is 10.8 Å². The highest BCUT2D eigenvalue weighted by molar-refractivity contribution is 7.92. The standard InChI is InChI=1S/C21H26N2O3S/c1-4-16-23(27(25,26)20-10-8-7-9-11-20)19-14-12-17(13-15-19)21(24)22-18(5-2)6-3/h4,7-15,18H,1,5-6,16H2,2-3H3,(H,22,24). The van der Waals surface area contributed by atoms with Crippen LogP contribution in [0.25, 0.3) is 0 Å². The molecule has 0 aromatic heterocycles. The van der Waals surface area contributed by atoms with E-state index in [-0.39, 0.29) is 23.4 Å². The van der Waals surface area contributed by atoms with Crippen molar-refractivity contribution in [2.45, 2.75) is 37.6 Å². The van der Waals surface area contributed by atoms with Crippen molar-refractivity contribution < 1.29 is 13.2 Å². The van der Waals surface area contributed by atoms with Crippen molar-refractivity contribution in [3.63, 3.8) is 0 Å². The van der Waals surface area contributed by atoms with Gasteiger partial charge in [-0.1, -0.05) is 38.1 Å². The molecule has 0 aliphatic heterocycles. The number of carbonyl (C=O) groups is 1. The normalized spacial score (nSPS) is 11.2. The van der Waals surface area contributed by atoms with Gasteiger partial charge in [0.25, 0.3) is 15.9 Å². The maximum Gasteiger partial charge on any atom is 0.264 e. The maximum atomic E-state index is 13.0. The molecule has 0 aliphatic rings. The highest BCUT2D eigenvalue weighted by Gasteiger charge is 2.24. The fraction of sp³-hybridized carbons (Fsp3) is 0.286. The van der Waals surface area contributed by atoms with Gasteiger partial charge < -0.3 is 5.32 Å². The van der Waals surface area contributed by atoms with E-state index in [0.717, 1.165) is 12.8 Å². The Hall–Kier alpha value is -2.60. The molecule has 144 valence electrons. The van der Waals surface area contributed by atoms with E-state index in [4.69, 9.17) is 0 Å². The van der Waals surface area contributed by atoms with E-state index in [1.54, 1.807) is 54.6 Å². The molecule has 0 aliphatic carbocycles. The average Bonchev–Trinajstić information content (AvgIpc) is 2.70. The van der Waals surface area contributed by atoms with E-state index < -0.39 is 10.0 Å². The minimum Gasteiger partial charge on any atom is -0.349 e. The van der Waals surface area contributed by atoms with E-state index in [1.807, 2.05) is 13.8 Å². The van der Waals surface area contributed by atoms with Crippen molar-refractivity contribution in [1.82, 2.24) is 5.32 Å². The molecule has 0 unspecified atom stereocenters. The molecule has 1 amide bonds. The van der Waals surface area contributed by atoms with Crippen LogP contribution in [0.3, 0.4) is 0 Å². The molecule has 2 aromatic carbocycles. The molecule has 1 N–H and O–H groups in total. The SMILES string of the molecule is C=CCN(c1ccc(C(=O)NC(CC)CC)cc1)S(=O)(=O)c1ccccc1. The number of amides is 1. The first-order chi connectivity index (χ1) is 12.9. The molecule has 0 spiro atoms. The molecule has 5 nitrogen and oxygen atoms in total. The summed E-state index contributed by atoms with van der Waals surface area (Å²) in [6, 6.07) is 15.0. The summed E-state index contributed by atoms with van der Waals surface area (Å²) in [6.07, 6.45) is 3.26. The summed E-state index contributed by atoms with van der Waals surface area (Å²) >= 11 is 0. The number of hydrogen-bond donors (Lipinski definition) is 1. The monoisotopic (exact) mass is 386 g/mol. The summed E-state index contributed by atoms with van der Waals surface area (Å²) < 4.78 is 27.2. The summed E-state index contributed by atoms with van der Waals surface area (Å²) in [4.78, 5) is 12.5. The lowest BCUT2D eigenvalue weighted by molar-refractivity contribution is 0.0935. The first kappa shape index (κ1) is 20.7. The Labute approximate surface area is 161 Å². The second-order valence-corrected chi connectivity index (χ2v) is 8.03. The number of nitrogens with zero attached hydrogens (tertiary/aromatic N) is 1. The zero-order valence-electron chi connectivity index (χ0n) is 15.8. The van der Waals surface area contributed by atoms with Crippen LogP contribution in [-0.2, 0) is 10.0 Å². The molecule has 0 radical (unpaired) electrons. The first-order valence-electron chi connectivity index (χ1n) is 9.03. The van der Waals surface area contributed by atoms with E-state index in [2.05, 4.69) is 11.9 Å². The van der Waals surface area contributed by atoms with Crippen molar-refractivity contribution >= 4 is 21.6 Å². The number of hydrogen-bond acceptors (Lipinski definition) is 3. The fourth-order valence-electron chi connectivity index (χ4n) is 2.72. The molecule has 0 saturated carbocycles. The Morgan fingerprint density at radius 2 is 1.67 bits per heavy atom. The predicted molar refractivity (Wildman–Crippen MR) is 109 cm³/mol. The van der Waals surface area contributed by atoms with E-state index in [1.165, 1.54) is 10.4 Å².